The molecule has 0 amide bonds. The monoisotopic (exact) mass is 260 g/mol. The standard InChI is InChI=1S/C15H14ClP/c16-12-13-8-10-15(11-9-13)17-14-6-4-2-1-3-5-7-14/h1-11,17H,12H2. The van der Waals surface area contributed by atoms with E-state index in [2.05, 4.69) is 48.6 Å². The molecule has 0 nitrogen and oxygen atoms in total. The van der Waals surface area contributed by atoms with Crippen molar-refractivity contribution in [2.24, 2.45) is 0 Å². The summed E-state index contributed by atoms with van der Waals surface area (Å²) in [5, 5.41) is 2.68. The quantitative estimate of drug-likeness (QED) is 0.562. The van der Waals surface area contributed by atoms with Gasteiger partial charge in [0.2, 0.25) is 0 Å². The van der Waals surface area contributed by atoms with Crippen LogP contribution < -0.4 is 5.30 Å². The topological polar surface area (TPSA) is 0 Å². The molecule has 0 saturated carbocycles. The second kappa shape index (κ2) is 6.59. The molecular formula is C15H14ClP. The van der Waals surface area contributed by atoms with Gasteiger partial charge in [0, 0.05) is 5.88 Å². The van der Waals surface area contributed by atoms with Crippen LogP contribution in [0.1, 0.15) is 5.56 Å². The van der Waals surface area contributed by atoms with Crippen LogP contribution in [-0.2, 0) is 5.88 Å². The molecule has 0 bridgehead atoms. The van der Waals surface area contributed by atoms with Crippen molar-refractivity contribution in [2.45, 2.75) is 5.88 Å². The Kier molecular flexibility index (Phi) is 4.79. The molecule has 0 fully saturated rings. The van der Waals surface area contributed by atoms with E-state index < -0.39 is 0 Å². The number of rotatable bonds is 3. The van der Waals surface area contributed by atoms with Gasteiger partial charge in [-0.1, -0.05) is 75.4 Å². The molecule has 1 aromatic rings. The summed E-state index contributed by atoms with van der Waals surface area (Å²) < 4.78 is 0. The van der Waals surface area contributed by atoms with Gasteiger partial charge >= 0.3 is 0 Å². The van der Waals surface area contributed by atoms with Gasteiger partial charge in [0.05, 0.1) is 0 Å². The molecule has 0 radical (unpaired) electrons. The molecule has 0 spiro atoms. The molecule has 0 N–H and O–H groups in total. The Labute approximate surface area is 109 Å². The first-order valence-electron chi connectivity index (χ1n) is 5.52. The third-order valence-corrected chi connectivity index (χ3v) is 3.95. The fraction of sp³-hybridized carbons (Fsp3) is 0.0667. The zero-order valence-corrected chi connectivity index (χ0v) is 11.2. The fourth-order valence-electron chi connectivity index (χ4n) is 1.49. The number of allylic oxidation sites excluding steroid dienone is 8. The Morgan fingerprint density at radius 3 is 2.35 bits per heavy atom. The molecule has 17 heavy (non-hydrogen) atoms. The van der Waals surface area contributed by atoms with Crippen molar-refractivity contribution in [3.8, 4) is 0 Å². The van der Waals surface area contributed by atoms with E-state index in [9.17, 15) is 0 Å². The second-order valence-corrected chi connectivity index (χ2v) is 5.38. The lowest BCUT2D eigenvalue weighted by Crippen LogP contribution is -1.94. The lowest BCUT2D eigenvalue weighted by Gasteiger charge is -2.04. The van der Waals surface area contributed by atoms with E-state index in [-0.39, 0.29) is 0 Å². The maximum Gasteiger partial charge on any atom is 0.0474 e. The van der Waals surface area contributed by atoms with Gasteiger partial charge in [0.1, 0.15) is 0 Å². The van der Waals surface area contributed by atoms with Crippen molar-refractivity contribution in [1.82, 2.24) is 0 Å². The highest BCUT2D eigenvalue weighted by Gasteiger charge is 1.97. The minimum Gasteiger partial charge on any atom is -0.122 e. The van der Waals surface area contributed by atoms with Crippen LogP contribution in [0.5, 0.6) is 0 Å². The average Bonchev–Trinajstić information content (AvgIpc) is 2.33. The molecule has 2 rings (SSSR count). The van der Waals surface area contributed by atoms with Gasteiger partial charge in [0.15, 0.2) is 0 Å². The van der Waals surface area contributed by atoms with Crippen LogP contribution in [0.4, 0.5) is 0 Å². The summed E-state index contributed by atoms with van der Waals surface area (Å²) in [7, 11) is 0.690. The molecule has 1 unspecified atom stereocenters. The van der Waals surface area contributed by atoms with Gasteiger partial charge in [0.25, 0.3) is 0 Å². The number of benzene rings is 1. The lowest BCUT2D eigenvalue weighted by atomic mass is 10.2. The summed E-state index contributed by atoms with van der Waals surface area (Å²) in [5.74, 6) is 0.583. The van der Waals surface area contributed by atoms with E-state index in [1.54, 1.807) is 0 Å². The summed E-state index contributed by atoms with van der Waals surface area (Å²) in [4.78, 5) is 0. The third kappa shape index (κ3) is 4.00. The van der Waals surface area contributed by atoms with Gasteiger partial charge in [-0.05, 0) is 16.2 Å². The Hall–Kier alpha value is -1.10. The second-order valence-electron chi connectivity index (χ2n) is 3.71. The van der Waals surface area contributed by atoms with E-state index in [0.29, 0.717) is 14.5 Å². The lowest BCUT2D eigenvalue weighted by molar-refractivity contribution is 1.41. The predicted octanol–water partition coefficient (Wildman–Crippen LogP) is 4.30. The Morgan fingerprint density at radius 2 is 1.59 bits per heavy atom. The van der Waals surface area contributed by atoms with Gasteiger partial charge < -0.3 is 0 Å². The van der Waals surface area contributed by atoms with Crippen molar-refractivity contribution >= 4 is 25.5 Å². The molecule has 0 aromatic heterocycles. The molecule has 2 heteroatoms. The third-order valence-electron chi connectivity index (χ3n) is 2.39. The molecule has 1 aliphatic rings. The van der Waals surface area contributed by atoms with E-state index >= 15 is 0 Å². The van der Waals surface area contributed by atoms with Crippen LogP contribution in [-0.4, -0.2) is 0 Å². The van der Waals surface area contributed by atoms with Gasteiger partial charge in [-0.3, -0.25) is 0 Å². The zero-order chi connectivity index (χ0) is 11.9. The van der Waals surface area contributed by atoms with E-state index in [1.807, 2.05) is 18.2 Å². The summed E-state index contributed by atoms with van der Waals surface area (Å²) in [6, 6.07) is 8.50. The van der Waals surface area contributed by atoms with Crippen molar-refractivity contribution in [3.63, 3.8) is 0 Å². The summed E-state index contributed by atoms with van der Waals surface area (Å²) in [6.45, 7) is 0. The van der Waals surface area contributed by atoms with Crippen LogP contribution in [0.15, 0.2) is 72.1 Å². The molecular weight excluding hydrogens is 247 g/mol. The zero-order valence-electron chi connectivity index (χ0n) is 9.44. The van der Waals surface area contributed by atoms with Crippen LogP contribution in [0.2, 0.25) is 0 Å². The summed E-state index contributed by atoms with van der Waals surface area (Å²) in [5.41, 5.74) is 1.17. The average molecular weight is 261 g/mol. The van der Waals surface area contributed by atoms with Crippen LogP contribution >= 0.6 is 20.2 Å². The van der Waals surface area contributed by atoms with Gasteiger partial charge in [-0.15, -0.1) is 11.6 Å². The minimum absolute atomic E-state index is 0.583. The Bertz CT molecular complexity index is 478. The minimum atomic E-state index is 0.583. The maximum absolute atomic E-state index is 5.77. The first-order chi connectivity index (χ1) is 8.38. The molecule has 0 saturated heterocycles. The molecule has 1 atom stereocenters. The van der Waals surface area contributed by atoms with E-state index in [4.69, 9.17) is 11.6 Å². The molecule has 1 aliphatic carbocycles. The van der Waals surface area contributed by atoms with E-state index in [0.717, 1.165) is 0 Å². The van der Waals surface area contributed by atoms with Gasteiger partial charge in [-0.2, -0.15) is 0 Å². The van der Waals surface area contributed by atoms with Crippen LogP contribution in [0, 0.1) is 0 Å². The number of hydrogen-bond acceptors (Lipinski definition) is 0. The van der Waals surface area contributed by atoms with Crippen molar-refractivity contribution in [2.75, 3.05) is 0 Å². The highest BCUT2D eigenvalue weighted by Crippen LogP contribution is 2.25. The van der Waals surface area contributed by atoms with Crippen LogP contribution in [0.3, 0.4) is 0 Å². The van der Waals surface area contributed by atoms with Crippen molar-refractivity contribution in [3.05, 3.63) is 77.7 Å². The van der Waals surface area contributed by atoms with Crippen LogP contribution in [0.25, 0.3) is 0 Å². The number of alkyl halides is 1. The molecule has 0 heterocycles. The predicted molar refractivity (Wildman–Crippen MR) is 79.5 cm³/mol. The maximum atomic E-state index is 5.77. The van der Waals surface area contributed by atoms with E-state index in [1.165, 1.54) is 16.2 Å². The largest absolute Gasteiger partial charge is 0.122 e. The van der Waals surface area contributed by atoms with Gasteiger partial charge in [-0.25, -0.2) is 0 Å². The first kappa shape index (κ1) is 12.4. The highest BCUT2D eigenvalue weighted by molar-refractivity contribution is 7.52. The van der Waals surface area contributed by atoms with Crippen molar-refractivity contribution in [1.29, 1.82) is 0 Å². The fourth-order valence-corrected chi connectivity index (χ4v) is 2.70. The van der Waals surface area contributed by atoms with Crippen molar-refractivity contribution < 1.29 is 0 Å². The highest BCUT2D eigenvalue weighted by atomic mass is 35.5. The smallest absolute Gasteiger partial charge is 0.0474 e. The normalized spacial score (nSPS) is 15.0. The molecule has 86 valence electrons. The molecule has 0 aliphatic heterocycles. The number of hydrogen-bond donors (Lipinski definition) is 0. The number of halogens is 1. The SMILES string of the molecule is ClCc1ccc(PC2=CC=CC=CC=C2)cc1. The Balaban J connectivity index is 2.09. The summed E-state index contributed by atoms with van der Waals surface area (Å²) >= 11 is 5.77. The first-order valence-corrected chi connectivity index (χ1v) is 7.05. The molecule has 1 aromatic carbocycles. The Morgan fingerprint density at radius 1 is 0.882 bits per heavy atom. The summed E-state index contributed by atoms with van der Waals surface area (Å²) in [6.07, 6.45) is 14.6.